The van der Waals surface area contributed by atoms with Gasteiger partial charge in [-0.05, 0) is 68.3 Å². The second-order valence-electron chi connectivity index (χ2n) is 7.51. The molecule has 1 N–H and O–H groups in total. The Labute approximate surface area is 176 Å². The van der Waals surface area contributed by atoms with E-state index < -0.39 is 0 Å². The number of rotatable bonds is 6. The fourth-order valence-electron chi connectivity index (χ4n) is 4.12. The molecule has 2 heterocycles. The highest BCUT2D eigenvalue weighted by Crippen LogP contribution is 2.30. The van der Waals surface area contributed by atoms with Crippen LogP contribution in [-0.4, -0.2) is 40.6 Å². The molecule has 4 rings (SSSR count). The topological polar surface area (TPSA) is 50.3 Å². The third-order valence-corrected chi connectivity index (χ3v) is 6.02. The Morgan fingerprint density at radius 3 is 2.79 bits per heavy atom. The summed E-state index contributed by atoms with van der Waals surface area (Å²) in [6.45, 7) is 5.60. The van der Waals surface area contributed by atoms with Gasteiger partial charge in [-0.2, -0.15) is 0 Å². The van der Waals surface area contributed by atoms with Crippen LogP contribution in [0.1, 0.15) is 43.0 Å². The maximum atomic E-state index is 6.20. The number of hydrogen-bond donors (Lipinski definition) is 1. The number of likely N-dealkylation sites (tertiary alicyclic amines) is 1. The maximum Gasteiger partial charge on any atom is 0.224 e. The van der Waals surface area contributed by atoms with Gasteiger partial charge in [0.05, 0.1) is 17.3 Å². The molecule has 0 unspecified atom stereocenters. The standard InChI is InChI=1S/C21H26Cl2N4O/c1-2-28-19-12-14(6-7-17(19)22)13-27-10-8-15(9-11-27)24-20-16-4-3-5-18(16)25-21(23)26-20/h6-7,12,15H,2-5,8-11,13H2,1H3,(H,24,25,26). The minimum atomic E-state index is 0.355. The molecule has 0 saturated carbocycles. The Morgan fingerprint density at radius 1 is 1.18 bits per heavy atom. The Hall–Kier alpha value is -1.56. The molecule has 1 fully saturated rings. The summed E-state index contributed by atoms with van der Waals surface area (Å²) >= 11 is 12.3. The zero-order valence-corrected chi connectivity index (χ0v) is 17.7. The number of halogens is 2. The van der Waals surface area contributed by atoms with E-state index in [-0.39, 0.29) is 0 Å². The Balaban J connectivity index is 1.34. The summed E-state index contributed by atoms with van der Waals surface area (Å²) in [4.78, 5) is 11.3. The lowest BCUT2D eigenvalue weighted by Crippen LogP contribution is -2.39. The van der Waals surface area contributed by atoms with Crippen LogP contribution in [0.25, 0.3) is 0 Å². The predicted octanol–water partition coefficient (Wildman–Crippen LogP) is 4.75. The summed E-state index contributed by atoms with van der Waals surface area (Å²) in [5.41, 5.74) is 3.61. The second kappa shape index (κ2) is 8.85. The number of ether oxygens (including phenoxy) is 1. The lowest BCUT2D eigenvalue weighted by atomic mass is 10.0. The van der Waals surface area contributed by atoms with Crippen LogP contribution in [-0.2, 0) is 19.4 Å². The lowest BCUT2D eigenvalue weighted by Gasteiger charge is -2.33. The van der Waals surface area contributed by atoms with E-state index in [1.54, 1.807) is 0 Å². The Bertz CT molecular complexity index is 837. The molecule has 2 aromatic rings. The molecule has 28 heavy (non-hydrogen) atoms. The SMILES string of the molecule is CCOc1cc(CN2CCC(Nc3nc(Cl)nc4c3CCC4)CC2)ccc1Cl. The van der Waals surface area contributed by atoms with E-state index in [0.717, 1.165) is 69.0 Å². The highest BCUT2D eigenvalue weighted by molar-refractivity contribution is 6.32. The first kappa shape index (κ1) is 19.7. The van der Waals surface area contributed by atoms with Crippen LogP contribution in [0.4, 0.5) is 5.82 Å². The van der Waals surface area contributed by atoms with Gasteiger partial charge in [-0.3, -0.25) is 4.90 Å². The maximum absolute atomic E-state index is 6.20. The van der Waals surface area contributed by atoms with E-state index >= 15 is 0 Å². The summed E-state index contributed by atoms with van der Waals surface area (Å²) < 4.78 is 5.61. The molecular formula is C21H26Cl2N4O. The molecule has 1 aromatic carbocycles. The first-order valence-electron chi connectivity index (χ1n) is 10.1. The van der Waals surface area contributed by atoms with Crippen molar-refractivity contribution in [3.05, 3.63) is 45.3 Å². The van der Waals surface area contributed by atoms with Crippen LogP contribution in [0.3, 0.4) is 0 Å². The third-order valence-electron chi connectivity index (χ3n) is 5.54. The van der Waals surface area contributed by atoms with Crippen LogP contribution in [0.5, 0.6) is 5.75 Å². The molecule has 0 atom stereocenters. The fraction of sp³-hybridized carbons (Fsp3) is 0.524. The van der Waals surface area contributed by atoms with Gasteiger partial charge in [0.1, 0.15) is 11.6 Å². The van der Waals surface area contributed by atoms with Crippen LogP contribution >= 0.6 is 23.2 Å². The number of nitrogens with zero attached hydrogens (tertiary/aromatic N) is 3. The van der Waals surface area contributed by atoms with Crippen molar-refractivity contribution in [3.8, 4) is 5.75 Å². The number of fused-ring (bicyclic) bond motifs is 1. The second-order valence-corrected chi connectivity index (χ2v) is 8.26. The number of benzene rings is 1. The van der Waals surface area contributed by atoms with Gasteiger partial charge in [0.15, 0.2) is 0 Å². The van der Waals surface area contributed by atoms with Gasteiger partial charge in [-0.25, -0.2) is 9.97 Å². The molecule has 0 spiro atoms. The van der Waals surface area contributed by atoms with Crippen LogP contribution in [0, 0.1) is 0 Å². The van der Waals surface area contributed by atoms with E-state index in [2.05, 4.69) is 32.3 Å². The lowest BCUT2D eigenvalue weighted by molar-refractivity contribution is 0.211. The summed E-state index contributed by atoms with van der Waals surface area (Å²) in [7, 11) is 0. The van der Waals surface area contributed by atoms with Crippen LogP contribution in [0.15, 0.2) is 18.2 Å². The molecule has 1 saturated heterocycles. The largest absolute Gasteiger partial charge is 0.492 e. The average Bonchev–Trinajstić information content (AvgIpc) is 3.15. The van der Waals surface area contributed by atoms with E-state index in [1.165, 1.54) is 11.1 Å². The number of piperidine rings is 1. The van der Waals surface area contributed by atoms with Gasteiger partial charge in [0, 0.05) is 31.2 Å². The van der Waals surface area contributed by atoms with E-state index in [1.807, 2.05) is 13.0 Å². The smallest absolute Gasteiger partial charge is 0.224 e. The van der Waals surface area contributed by atoms with Gasteiger partial charge in [-0.1, -0.05) is 17.7 Å². The van der Waals surface area contributed by atoms with Gasteiger partial charge in [0.25, 0.3) is 0 Å². The zero-order valence-electron chi connectivity index (χ0n) is 16.2. The van der Waals surface area contributed by atoms with Crippen molar-refractivity contribution < 1.29 is 4.74 Å². The minimum absolute atomic E-state index is 0.355. The van der Waals surface area contributed by atoms with E-state index in [4.69, 9.17) is 27.9 Å². The van der Waals surface area contributed by atoms with E-state index in [0.29, 0.717) is 23.0 Å². The highest BCUT2D eigenvalue weighted by atomic mass is 35.5. The van der Waals surface area contributed by atoms with Crippen molar-refractivity contribution in [1.82, 2.24) is 14.9 Å². The van der Waals surface area contributed by atoms with Crippen molar-refractivity contribution in [1.29, 1.82) is 0 Å². The quantitative estimate of drug-likeness (QED) is 0.683. The first-order chi connectivity index (χ1) is 13.6. The number of anilines is 1. The van der Waals surface area contributed by atoms with Crippen molar-refractivity contribution in [2.75, 3.05) is 25.0 Å². The minimum Gasteiger partial charge on any atom is -0.492 e. The number of nitrogens with one attached hydrogen (secondary N) is 1. The third kappa shape index (κ3) is 4.53. The van der Waals surface area contributed by atoms with E-state index in [9.17, 15) is 0 Å². The molecule has 0 radical (unpaired) electrons. The van der Waals surface area contributed by atoms with Crippen molar-refractivity contribution in [2.45, 2.75) is 51.6 Å². The normalized spacial score (nSPS) is 17.5. The van der Waals surface area contributed by atoms with Crippen molar-refractivity contribution >= 4 is 29.0 Å². The molecule has 0 amide bonds. The zero-order chi connectivity index (χ0) is 19.5. The van der Waals surface area contributed by atoms with Gasteiger partial charge in [0.2, 0.25) is 5.28 Å². The molecule has 5 nitrogen and oxygen atoms in total. The monoisotopic (exact) mass is 420 g/mol. The molecule has 1 aliphatic carbocycles. The summed E-state index contributed by atoms with van der Waals surface area (Å²) in [5.74, 6) is 1.72. The van der Waals surface area contributed by atoms with Crippen LogP contribution < -0.4 is 10.1 Å². The Morgan fingerprint density at radius 2 is 2.00 bits per heavy atom. The molecule has 7 heteroatoms. The predicted molar refractivity (Wildman–Crippen MR) is 114 cm³/mol. The van der Waals surface area contributed by atoms with Crippen molar-refractivity contribution in [2.24, 2.45) is 0 Å². The number of aryl methyl sites for hydroxylation is 1. The first-order valence-corrected chi connectivity index (χ1v) is 10.8. The molecular weight excluding hydrogens is 395 g/mol. The van der Waals surface area contributed by atoms with Gasteiger partial charge >= 0.3 is 0 Å². The molecule has 2 aliphatic rings. The van der Waals surface area contributed by atoms with Crippen molar-refractivity contribution in [3.63, 3.8) is 0 Å². The molecule has 0 bridgehead atoms. The Kier molecular flexibility index (Phi) is 6.24. The molecule has 1 aromatic heterocycles. The summed E-state index contributed by atoms with van der Waals surface area (Å²) in [6, 6.07) is 6.50. The number of hydrogen-bond acceptors (Lipinski definition) is 5. The summed E-state index contributed by atoms with van der Waals surface area (Å²) in [6.07, 6.45) is 5.37. The molecule has 1 aliphatic heterocycles. The number of aromatic nitrogens is 2. The average molecular weight is 421 g/mol. The van der Waals surface area contributed by atoms with Crippen LogP contribution in [0.2, 0.25) is 10.3 Å². The van der Waals surface area contributed by atoms with Gasteiger partial charge in [-0.15, -0.1) is 0 Å². The van der Waals surface area contributed by atoms with Gasteiger partial charge < -0.3 is 10.1 Å². The summed E-state index contributed by atoms with van der Waals surface area (Å²) in [5, 5.41) is 4.67. The molecule has 150 valence electrons. The fourth-order valence-corrected chi connectivity index (χ4v) is 4.48. The highest BCUT2D eigenvalue weighted by Gasteiger charge is 2.24.